The molecule has 0 amide bonds. The minimum atomic E-state index is -0.0241. The third-order valence-electron chi connectivity index (χ3n) is 3.34. The maximum absolute atomic E-state index is 11.7. The number of carbonyl (C=O) groups excluding carboxylic acids is 1. The van der Waals surface area contributed by atoms with E-state index in [9.17, 15) is 4.79 Å². The van der Waals surface area contributed by atoms with Crippen molar-refractivity contribution in [1.29, 1.82) is 5.26 Å². The van der Waals surface area contributed by atoms with Gasteiger partial charge in [-0.2, -0.15) is 5.26 Å². The molecule has 1 aliphatic rings. The molecule has 0 aliphatic heterocycles. The molecule has 0 aromatic heterocycles. The summed E-state index contributed by atoms with van der Waals surface area (Å²) in [5.74, 6) is 0.144. The van der Waals surface area contributed by atoms with E-state index in [-0.39, 0.29) is 23.6 Å². The summed E-state index contributed by atoms with van der Waals surface area (Å²) < 4.78 is 0. The van der Waals surface area contributed by atoms with E-state index in [1.165, 1.54) is 0 Å². The molecular formula is C16H19ClN2O. The van der Waals surface area contributed by atoms with Crippen LogP contribution in [0.4, 0.5) is 5.69 Å². The van der Waals surface area contributed by atoms with Crippen molar-refractivity contribution in [2.24, 2.45) is 5.41 Å². The molecule has 106 valence electrons. The Bertz CT molecular complexity index is 597. The van der Waals surface area contributed by atoms with Gasteiger partial charge in [-0.25, -0.2) is 0 Å². The summed E-state index contributed by atoms with van der Waals surface area (Å²) in [5, 5.41) is 12.4. The van der Waals surface area contributed by atoms with Gasteiger partial charge in [0.1, 0.15) is 6.07 Å². The van der Waals surface area contributed by atoms with Crippen LogP contribution in [0, 0.1) is 23.7 Å². The molecule has 1 aromatic carbocycles. The van der Waals surface area contributed by atoms with E-state index in [2.05, 4.69) is 25.2 Å². The van der Waals surface area contributed by atoms with Crippen molar-refractivity contribution in [1.82, 2.24) is 0 Å². The number of nitriles is 1. The van der Waals surface area contributed by atoms with Crippen LogP contribution in [0.15, 0.2) is 30.0 Å². The highest BCUT2D eigenvalue weighted by atomic mass is 35.5. The van der Waals surface area contributed by atoms with Crippen molar-refractivity contribution in [3.63, 3.8) is 0 Å². The number of anilines is 1. The van der Waals surface area contributed by atoms with Gasteiger partial charge < -0.3 is 5.32 Å². The van der Waals surface area contributed by atoms with E-state index >= 15 is 0 Å². The second kappa shape index (κ2) is 6.11. The largest absolute Gasteiger partial charge is 0.357 e. The normalized spacial score (nSPS) is 16.7. The van der Waals surface area contributed by atoms with Gasteiger partial charge in [-0.3, -0.25) is 4.79 Å². The van der Waals surface area contributed by atoms with Gasteiger partial charge in [-0.15, -0.1) is 12.4 Å². The molecule has 0 saturated heterocycles. The number of ketones is 1. The van der Waals surface area contributed by atoms with Gasteiger partial charge in [-0.1, -0.05) is 26.0 Å². The lowest BCUT2D eigenvalue weighted by molar-refractivity contribution is -0.117. The lowest BCUT2D eigenvalue weighted by Crippen LogP contribution is -2.24. The molecule has 3 nitrogen and oxygen atoms in total. The van der Waals surface area contributed by atoms with E-state index in [4.69, 9.17) is 5.26 Å². The third kappa shape index (κ3) is 3.61. The van der Waals surface area contributed by atoms with Gasteiger partial charge in [0.25, 0.3) is 0 Å². The molecule has 2 rings (SSSR count). The summed E-state index contributed by atoms with van der Waals surface area (Å²) in [7, 11) is 0. The first kappa shape index (κ1) is 16.3. The fourth-order valence-corrected chi connectivity index (χ4v) is 2.51. The summed E-state index contributed by atoms with van der Waals surface area (Å²) in [5.41, 5.74) is 3.30. The van der Waals surface area contributed by atoms with Gasteiger partial charge in [0.05, 0.1) is 11.3 Å². The smallest absolute Gasteiger partial charge is 0.157 e. The molecule has 0 spiro atoms. The highest BCUT2D eigenvalue weighted by Gasteiger charge is 2.27. The number of allylic oxidation sites excluding steroid dienone is 2. The lowest BCUT2D eigenvalue weighted by atomic mass is 9.79. The Morgan fingerprint density at radius 2 is 2.00 bits per heavy atom. The first-order valence-corrected chi connectivity index (χ1v) is 6.41. The third-order valence-corrected chi connectivity index (χ3v) is 3.34. The predicted octanol–water partition coefficient (Wildman–Crippen LogP) is 3.97. The highest BCUT2D eigenvalue weighted by molar-refractivity contribution is 5.92. The van der Waals surface area contributed by atoms with Crippen molar-refractivity contribution >= 4 is 23.9 Å². The molecule has 0 unspecified atom stereocenters. The summed E-state index contributed by atoms with van der Waals surface area (Å²) in [6.45, 7) is 6.13. The number of rotatable bonds is 2. The molecule has 0 fully saturated rings. The minimum Gasteiger partial charge on any atom is -0.357 e. The summed E-state index contributed by atoms with van der Waals surface area (Å²) in [6, 6.07) is 7.79. The average molecular weight is 291 g/mol. The van der Waals surface area contributed by atoms with Crippen LogP contribution < -0.4 is 5.32 Å². The SMILES string of the molecule is Cc1cccc(C#N)c1NC1=CC(=O)CC(C)(C)C1.Cl. The second-order valence-corrected chi connectivity index (χ2v) is 5.89. The topological polar surface area (TPSA) is 52.9 Å². The van der Waals surface area contributed by atoms with Crippen LogP contribution in [0.1, 0.15) is 37.8 Å². The molecule has 0 bridgehead atoms. The van der Waals surface area contributed by atoms with E-state index < -0.39 is 0 Å². The quantitative estimate of drug-likeness (QED) is 0.896. The molecule has 0 heterocycles. The molecule has 1 N–H and O–H groups in total. The number of halogens is 1. The Morgan fingerprint density at radius 1 is 1.30 bits per heavy atom. The van der Waals surface area contributed by atoms with Crippen LogP contribution in [-0.2, 0) is 4.79 Å². The maximum Gasteiger partial charge on any atom is 0.157 e. The summed E-state index contributed by atoms with van der Waals surface area (Å²) in [6.07, 6.45) is 3.06. The molecule has 1 aliphatic carbocycles. The number of nitrogens with zero attached hydrogens (tertiary/aromatic N) is 1. The highest BCUT2D eigenvalue weighted by Crippen LogP contribution is 2.34. The van der Waals surface area contributed by atoms with Crippen molar-refractivity contribution in [3.8, 4) is 6.07 Å². The van der Waals surface area contributed by atoms with Gasteiger partial charge >= 0.3 is 0 Å². The van der Waals surface area contributed by atoms with Crippen molar-refractivity contribution in [3.05, 3.63) is 41.1 Å². The van der Waals surface area contributed by atoms with Gasteiger partial charge in [0, 0.05) is 18.2 Å². The van der Waals surface area contributed by atoms with Crippen LogP contribution in [0.25, 0.3) is 0 Å². The van der Waals surface area contributed by atoms with E-state index in [0.29, 0.717) is 12.0 Å². The Morgan fingerprint density at radius 3 is 2.60 bits per heavy atom. The molecule has 4 heteroatoms. The number of para-hydroxylation sites is 1. The van der Waals surface area contributed by atoms with Gasteiger partial charge in [-0.05, 0) is 30.4 Å². The van der Waals surface area contributed by atoms with Crippen molar-refractivity contribution in [2.45, 2.75) is 33.6 Å². The minimum absolute atomic E-state index is 0. The average Bonchev–Trinajstić information content (AvgIpc) is 2.29. The zero-order chi connectivity index (χ0) is 14.0. The summed E-state index contributed by atoms with van der Waals surface area (Å²) in [4.78, 5) is 11.7. The molecule has 0 radical (unpaired) electrons. The first-order valence-electron chi connectivity index (χ1n) is 6.41. The number of carbonyl (C=O) groups is 1. The number of benzene rings is 1. The van der Waals surface area contributed by atoms with Crippen LogP contribution in [0.2, 0.25) is 0 Å². The lowest BCUT2D eigenvalue weighted by Gasteiger charge is -2.29. The molecular weight excluding hydrogens is 272 g/mol. The second-order valence-electron chi connectivity index (χ2n) is 5.89. The number of hydrogen-bond donors (Lipinski definition) is 1. The van der Waals surface area contributed by atoms with Crippen LogP contribution in [0.5, 0.6) is 0 Å². The fraction of sp³-hybridized carbons (Fsp3) is 0.375. The monoisotopic (exact) mass is 290 g/mol. The first-order chi connectivity index (χ1) is 8.91. The van der Waals surface area contributed by atoms with Gasteiger partial charge in [0.2, 0.25) is 0 Å². The Kier molecular flexibility index (Phi) is 4.97. The Labute approximate surface area is 126 Å². The van der Waals surface area contributed by atoms with E-state index in [1.807, 2.05) is 19.1 Å². The fourth-order valence-electron chi connectivity index (χ4n) is 2.51. The van der Waals surface area contributed by atoms with Gasteiger partial charge in [0.15, 0.2) is 5.78 Å². The van der Waals surface area contributed by atoms with Crippen LogP contribution in [0.3, 0.4) is 0 Å². The standard InChI is InChI=1S/C16H18N2O.ClH/c1-11-5-4-6-12(10-17)15(11)18-13-7-14(19)9-16(2,3)8-13;/h4-7,18H,8-9H2,1-3H3;1H. The van der Waals surface area contributed by atoms with Crippen molar-refractivity contribution in [2.75, 3.05) is 5.32 Å². The predicted molar refractivity (Wildman–Crippen MR) is 82.9 cm³/mol. The number of hydrogen-bond acceptors (Lipinski definition) is 3. The summed E-state index contributed by atoms with van der Waals surface area (Å²) >= 11 is 0. The van der Waals surface area contributed by atoms with Crippen LogP contribution in [-0.4, -0.2) is 5.78 Å². The number of aryl methyl sites for hydroxylation is 1. The zero-order valence-corrected chi connectivity index (χ0v) is 12.8. The van der Waals surface area contributed by atoms with Crippen molar-refractivity contribution < 1.29 is 4.79 Å². The maximum atomic E-state index is 11.7. The zero-order valence-electron chi connectivity index (χ0n) is 12.0. The molecule has 0 atom stereocenters. The molecule has 20 heavy (non-hydrogen) atoms. The van der Waals surface area contributed by atoms with E-state index in [0.717, 1.165) is 23.4 Å². The molecule has 0 saturated carbocycles. The van der Waals surface area contributed by atoms with E-state index in [1.54, 1.807) is 12.1 Å². The Hall–Kier alpha value is -1.79. The van der Waals surface area contributed by atoms with Crippen LogP contribution >= 0.6 is 12.4 Å². The Balaban J connectivity index is 0.00000200. The number of nitrogens with one attached hydrogen (secondary N) is 1. The molecule has 1 aromatic rings.